The molecule has 24 nitrogen and oxygen atoms in total. The van der Waals surface area contributed by atoms with Gasteiger partial charge in [-0.05, 0) is 0 Å². The molecule has 0 aromatic heterocycles. The van der Waals surface area contributed by atoms with E-state index in [-0.39, 0.29) is 264 Å². The van der Waals surface area contributed by atoms with Crippen molar-refractivity contribution in [2.75, 3.05) is 0 Å². The normalized spacial score (nSPS) is 14.0. The van der Waals surface area contributed by atoms with E-state index in [4.69, 9.17) is 81.7 Å². The second-order valence-corrected chi connectivity index (χ2v) is 6.26. The number of carbonyl (C=O) groups is 8. The number of hydrogen-bond acceptors (Lipinski definition) is 16. The van der Waals surface area contributed by atoms with Gasteiger partial charge in [-0.1, -0.05) is 0 Å². The zero-order chi connectivity index (χ0) is 33.2. The minimum absolute atomic E-state index is 0. The molecule has 0 aliphatic carbocycles. The molecule has 0 radical (unpaired) electrons. The predicted molar refractivity (Wildman–Crippen MR) is 115 cm³/mol. The van der Waals surface area contributed by atoms with Crippen molar-refractivity contribution >= 4 is 47.8 Å². The first-order chi connectivity index (χ1) is 17.9. The van der Waals surface area contributed by atoms with Crippen LogP contribution in [0.3, 0.4) is 0 Å². The van der Waals surface area contributed by atoms with Gasteiger partial charge in [0.05, 0.1) is 0 Å². The summed E-state index contributed by atoms with van der Waals surface area (Å²) in [6.07, 6.45) is -18.1. The minimum Gasteiger partial charge on any atom is -1.00 e. The summed E-state index contributed by atoms with van der Waals surface area (Å²) >= 11 is 0. The molecule has 0 amide bonds. The molecule has 8 atom stereocenters. The van der Waals surface area contributed by atoms with Crippen LogP contribution in [0.15, 0.2) is 0 Å². The summed E-state index contributed by atoms with van der Waals surface area (Å²) in [5.74, 6) is -14.1. The molecule has 0 fully saturated rings. The molecule has 242 valence electrons. The van der Waals surface area contributed by atoms with E-state index in [2.05, 4.69) is 0 Å². The van der Waals surface area contributed by atoms with Gasteiger partial charge in [0, 0.05) is 0 Å². The maximum absolute atomic E-state index is 9.77. The number of rotatable bonds is 12. The van der Waals surface area contributed by atoms with Crippen LogP contribution in [0.2, 0.25) is 0 Å². The molecule has 0 rings (SSSR count). The van der Waals surface area contributed by atoms with E-state index >= 15 is 0 Å². The van der Waals surface area contributed by atoms with Crippen molar-refractivity contribution in [2.45, 2.75) is 48.8 Å². The number of aliphatic carboxylic acids is 8. The number of hydrogen-bond donors (Lipinski definition) is 16. The van der Waals surface area contributed by atoms with Gasteiger partial charge in [-0.25, -0.2) is 38.4 Å². The SMILES string of the molecule is O=C(O)C(O)C(O)C(=O)O.O=C(O)C(O)C(O)C(=O)O.O=C(O)C(O)C(O)C(=O)O.O=C(O)C(O)C(O)C(=O)O.[H-].[H-].[H-].[H-].[H-].[K+].[K+].[K+].[K+].[K+]. The van der Waals surface area contributed by atoms with Crippen molar-refractivity contribution < 1.29 is 384 Å². The van der Waals surface area contributed by atoms with Crippen molar-refractivity contribution in [3.63, 3.8) is 0 Å². The summed E-state index contributed by atoms with van der Waals surface area (Å²) in [7, 11) is 0. The third-order valence-electron chi connectivity index (χ3n) is 3.22. The van der Waals surface area contributed by atoms with Gasteiger partial charge < -0.3 is 88.8 Å². The zero-order valence-corrected chi connectivity index (χ0v) is 39.7. The Morgan fingerprint density at radius 3 is 0.311 bits per heavy atom. The van der Waals surface area contributed by atoms with Crippen LogP contribution in [0.25, 0.3) is 0 Å². The third-order valence-corrected chi connectivity index (χ3v) is 3.22. The van der Waals surface area contributed by atoms with Crippen LogP contribution in [0.1, 0.15) is 7.13 Å². The van der Waals surface area contributed by atoms with Crippen LogP contribution >= 0.6 is 0 Å². The molecule has 0 heterocycles. The third kappa shape index (κ3) is 37.2. The number of carboxylic acids is 8. The molecular weight excluding hydrogens is 772 g/mol. The van der Waals surface area contributed by atoms with E-state index in [9.17, 15) is 38.4 Å². The van der Waals surface area contributed by atoms with Crippen molar-refractivity contribution in [3.8, 4) is 0 Å². The van der Waals surface area contributed by atoms with E-state index in [1.54, 1.807) is 0 Å². The monoisotopic (exact) mass is 800 g/mol. The second-order valence-electron chi connectivity index (χ2n) is 6.26. The zero-order valence-electron chi connectivity index (χ0n) is 29.0. The average molecular weight is 801 g/mol. The van der Waals surface area contributed by atoms with Crippen LogP contribution in [-0.2, 0) is 38.4 Å². The Labute approximate surface area is 469 Å². The summed E-state index contributed by atoms with van der Waals surface area (Å²) in [5.41, 5.74) is 0. The Bertz CT molecular complexity index is 725. The van der Waals surface area contributed by atoms with Crippen LogP contribution < -0.4 is 257 Å². The van der Waals surface area contributed by atoms with Crippen molar-refractivity contribution in [1.82, 2.24) is 0 Å². The van der Waals surface area contributed by atoms with Gasteiger partial charge >= 0.3 is 305 Å². The van der Waals surface area contributed by atoms with Crippen molar-refractivity contribution in [2.24, 2.45) is 0 Å². The quantitative estimate of drug-likeness (QED) is 0.0815. The van der Waals surface area contributed by atoms with Crippen LogP contribution in [-0.4, -0.2) is 178 Å². The Balaban J connectivity index is -0.0000000270. The molecule has 0 aliphatic rings. The number of aliphatic hydroxyl groups excluding tert-OH is 8. The van der Waals surface area contributed by atoms with Gasteiger partial charge in [0.1, 0.15) is 0 Å². The van der Waals surface area contributed by atoms with E-state index in [1.165, 1.54) is 0 Å². The summed E-state index contributed by atoms with van der Waals surface area (Å²) in [4.78, 5) is 78.2. The molecule has 0 aromatic rings. The first kappa shape index (κ1) is 70.2. The van der Waals surface area contributed by atoms with Crippen molar-refractivity contribution in [1.29, 1.82) is 0 Å². The molecule has 45 heavy (non-hydrogen) atoms. The van der Waals surface area contributed by atoms with Gasteiger partial charge in [-0.15, -0.1) is 0 Å². The number of carboxylic acid groups (broad SMARTS) is 8. The molecule has 0 bridgehead atoms. The van der Waals surface area contributed by atoms with Crippen LogP contribution in [0.5, 0.6) is 0 Å². The average Bonchev–Trinajstić information content (AvgIpc) is 2.85. The van der Waals surface area contributed by atoms with Gasteiger partial charge in [-0.2, -0.15) is 0 Å². The van der Waals surface area contributed by atoms with Gasteiger partial charge in [0.25, 0.3) is 0 Å². The minimum atomic E-state index is -2.27. The Hall–Kier alpha value is 3.62. The molecule has 29 heteroatoms. The Kier molecular flexibility index (Phi) is 60.6. The molecule has 0 aromatic carbocycles. The van der Waals surface area contributed by atoms with E-state index in [0.717, 1.165) is 0 Å². The molecule has 8 unspecified atom stereocenters. The summed E-state index contributed by atoms with van der Waals surface area (Å²) < 4.78 is 0. The Morgan fingerprint density at radius 2 is 0.289 bits per heavy atom. The summed E-state index contributed by atoms with van der Waals surface area (Å²) in [6.45, 7) is 0. The van der Waals surface area contributed by atoms with Gasteiger partial charge in [0.15, 0.2) is 48.8 Å². The second kappa shape index (κ2) is 38.8. The van der Waals surface area contributed by atoms with Crippen LogP contribution in [0, 0.1) is 0 Å². The van der Waals surface area contributed by atoms with Gasteiger partial charge in [-0.3, -0.25) is 0 Å². The summed E-state index contributed by atoms with van der Waals surface area (Å²) in [6, 6.07) is 0. The fourth-order valence-electron chi connectivity index (χ4n) is 1.08. The van der Waals surface area contributed by atoms with Crippen LogP contribution in [0.4, 0.5) is 0 Å². The fraction of sp³-hybridized carbons (Fsp3) is 0.500. The molecule has 16 N–H and O–H groups in total. The first-order valence-corrected chi connectivity index (χ1v) is 9.13. The molecule has 0 aliphatic heterocycles. The maximum Gasteiger partial charge on any atom is 1.00 e. The standard InChI is InChI=1S/4C4H6O6.5K.5H/c4*5-1(3(7)8)2(6)4(9)10;;;;;;;;;;/h4*1-2,5-6H,(H,7,8)(H,9,10);;;;;;;;;;/q;;;;5*+1;5*-1. The smallest absolute Gasteiger partial charge is 1.00 e. The molecule has 0 spiro atoms. The first-order valence-electron chi connectivity index (χ1n) is 9.13. The van der Waals surface area contributed by atoms with E-state index in [0.29, 0.717) is 0 Å². The van der Waals surface area contributed by atoms with E-state index < -0.39 is 96.6 Å². The maximum atomic E-state index is 9.77. The predicted octanol–water partition coefficient (Wildman–Crippen LogP) is -22.9. The topological polar surface area (TPSA) is 460 Å². The number of aliphatic hydroxyl groups is 8. The Morgan fingerprint density at radius 1 is 0.244 bits per heavy atom. The molecule has 0 saturated carbocycles. The molecule has 0 saturated heterocycles. The fourth-order valence-corrected chi connectivity index (χ4v) is 1.08. The van der Waals surface area contributed by atoms with Crippen molar-refractivity contribution in [3.05, 3.63) is 0 Å². The largest absolute Gasteiger partial charge is 1.00 e. The summed E-state index contributed by atoms with van der Waals surface area (Å²) in [5, 5.41) is 130. The van der Waals surface area contributed by atoms with Gasteiger partial charge in [0.2, 0.25) is 0 Å². The van der Waals surface area contributed by atoms with E-state index in [1.807, 2.05) is 0 Å². The molecular formula is C16H29K5O24.